The number of nitrogens with zero attached hydrogens (tertiary/aromatic N) is 1. The molecule has 2 unspecified atom stereocenters. The van der Waals surface area contributed by atoms with Crippen molar-refractivity contribution in [3.05, 3.63) is 0 Å². The first-order valence-electron chi connectivity index (χ1n) is 8.58. The van der Waals surface area contributed by atoms with E-state index in [0.717, 1.165) is 18.8 Å². The second-order valence-corrected chi connectivity index (χ2v) is 7.13. The molecule has 0 bridgehead atoms. The highest BCUT2D eigenvalue weighted by atomic mass is 16.2. The van der Waals surface area contributed by atoms with E-state index in [1.807, 2.05) is 18.7 Å². The number of amides is 2. The van der Waals surface area contributed by atoms with Gasteiger partial charge in [0.15, 0.2) is 0 Å². The van der Waals surface area contributed by atoms with Gasteiger partial charge >= 0.3 is 0 Å². The zero-order valence-corrected chi connectivity index (χ0v) is 13.9. The number of carbonyl (C=O) groups is 2. The van der Waals surface area contributed by atoms with Crippen LogP contribution in [-0.2, 0) is 9.59 Å². The Morgan fingerprint density at radius 1 is 1.19 bits per heavy atom. The number of rotatable bonds is 4. The van der Waals surface area contributed by atoms with Crippen LogP contribution in [0.15, 0.2) is 0 Å². The number of piperazine rings is 1. The Morgan fingerprint density at radius 3 is 2.33 bits per heavy atom. The van der Waals surface area contributed by atoms with Gasteiger partial charge in [-0.1, -0.05) is 33.6 Å². The molecule has 1 saturated carbocycles. The van der Waals surface area contributed by atoms with Gasteiger partial charge in [0.2, 0.25) is 11.8 Å². The van der Waals surface area contributed by atoms with Gasteiger partial charge in [0, 0.05) is 6.04 Å². The average Bonchev–Trinajstić information content (AvgIpc) is 2.43. The summed E-state index contributed by atoms with van der Waals surface area (Å²) >= 11 is 0. The lowest BCUT2D eigenvalue weighted by atomic mass is 9.81. The van der Waals surface area contributed by atoms with Crippen molar-refractivity contribution in [1.29, 1.82) is 0 Å². The summed E-state index contributed by atoms with van der Waals surface area (Å²) in [5, 5.41) is 2.83. The van der Waals surface area contributed by atoms with Crippen molar-refractivity contribution < 1.29 is 9.59 Å². The lowest BCUT2D eigenvalue weighted by Gasteiger charge is -2.46. The Labute approximate surface area is 128 Å². The third-order valence-electron chi connectivity index (χ3n) is 5.09. The monoisotopic (exact) mass is 294 g/mol. The maximum atomic E-state index is 12.6. The first-order valence-corrected chi connectivity index (χ1v) is 8.58. The molecule has 2 amide bonds. The van der Waals surface area contributed by atoms with E-state index < -0.39 is 0 Å². The normalized spacial score (nSPS) is 34.2. The van der Waals surface area contributed by atoms with Crippen molar-refractivity contribution in [2.75, 3.05) is 0 Å². The summed E-state index contributed by atoms with van der Waals surface area (Å²) in [5.74, 6) is 1.10. The van der Waals surface area contributed by atoms with Gasteiger partial charge in [0.1, 0.15) is 12.1 Å². The molecule has 0 spiro atoms. The highest BCUT2D eigenvalue weighted by Crippen LogP contribution is 2.33. The van der Waals surface area contributed by atoms with Gasteiger partial charge in [-0.3, -0.25) is 9.59 Å². The van der Waals surface area contributed by atoms with Gasteiger partial charge < -0.3 is 10.2 Å². The number of hydrogen-bond acceptors (Lipinski definition) is 2. The Balaban J connectivity index is 2.10. The molecule has 1 saturated heterocycles. The van der Waals surface area contributed by atoms with Crippen LogP contribution in [-0.4, -0.2) is 34.8 Å². The van der Waals surface area contributed by atoms with E-state index in [1.165, 1.54) is 25.7 Å². The highest BCUT2D eigenvalue weighted by Gasteiger charge is 2.44. The zero-order valence-electron chi connectivity index (χ0n) is 13.9. The molecular formula is C17H30N2O2. The van der Waals surface area contributed by atoms with Gasteiger partial charge in [-0.2, -0.15) is 0 Å². The van der Waals surface area contributed by atoms with Crippen LogP contribution in [0.4, 0.5) is 0 Å². The summed E-state index contributed by atoms with van der Waals surface area (Å²) in [6.45, 7) is 8.10. The van der Waals surface area contributed by atoms with Crippen LogP contribution >= 0.6 is 0 Å². The fraction of sp³-hybridized carbons (Fsp3) is 0.882. The maximum Gasteiger partial charge on any atom is 0.245 e. The lowest BCUT2D eigenvalue weighted by molar-refractivity contribution is -0.154. The Bertz CT molecular complexity index is 386. The second-order valence-electron chi connectivity index (χ2n) is 7.13. The molecule has 0 aromatic heterocycles. The SMILES string of the molecule is CCCC1CCC(N2C(=O)C(C)NC(=O)C2C(C)C)CC1. The van der Waals surface area contributed by atoms with E-state index in [2.05, 4.69) is 12.2 Å². The minimum absolute atomic E-state index is 0.0211. The Kier molecular flexibility index (Phi) is 5.28. The molecule has 2 rings (SSSR count). The first kappa shape index (κ1) is 16.3. The van der Waals surface area contributed by atoms with Gasteiger partial charge in [0.25, 0.3) is 0 Å². The molecule has 1 heterocycles. The molecule has 2 fully saturated rings. The van der Waals surface area contributed by atoms with Crippen molar-refractivity contribution in [1.82, 2.24) is 10.2 Å². The van der Waals surface area contributed by atoms with Gasteiger partial charge in [-0.25, -0.2) is 0 Å². The van der Waals surface area contributed by atoms with Gasteiger partial charge in [-0.05, 0) is 44.4 Å². The third kappa shape index (κ3) is 3.41. The fourth-order valence-electron chi connectivity index (χ4n) is 4.00. The summed E-state index contributed by atoms with van der Waals surface area (Å²) in [4.78, 5) is 26.8. The molecule has 4 nitrogen and oxygen atoms in total. The van der Waals surface area contributed by atoms with Crippen LogP contribution in [0.1, 0.15) is 66.2 Å². The van der Waals surface area contributed by atoms with Crippen LogP contribution in [0.3, 0.4) is 0 Å². The summed E-state index contributed by atoms with van der Waals surface area (Å²) in [5.41, 5.74) is 0. The standard InChI is InChI=1S/C17H30N2O2/c1-5-6-13-7-9-14(10-8-13)19-15(11(2)3)16(20)18-12(4)17(19)21/h11-15H,5-10H2,1-4H3,(H,18,20). The molecular weight excluding hydrogens is 264 g/mol. The topological polar surface area (TPSA) is 49.4 Å². The molecule has 120 valence electrons. The molecule has 4 heteroatoms. The number of hydrogen-bond donors (Lipinski definition) is 1. The predicted octanol–water partition coefficient (Wildman–Crippen LogP) is 2.72. The first-order chi connectivity index (χ1) is 9.95. The highest BCUT2D eigenvalue weighted by molar-refractivity contribution is 5.97. The van der Waals surface area contributed by atoms with Crippen LogP contribution in [0.2, 0.25) is 0 Å². The molecule has 0 aromatic carbocycles. The average molecular weight is 294 g/mol. The molecule has 2 atom stereocenters. The molecule has 0 aromatic rings. The molecule has 1 N–H and O–H groups in total. The molecule has 1 aliphatic heterocycles. The molecule has 21 heavy (non-hydrogen) atoms. The maximum absolute atomic E-state index is 12.6. The van der Waals surface area contributed by atoms with Gasteiger partial charge in [0.05, 0.1) is 0 Å². The third-order valence-corrected chi connectivity index (χ3v) is 5.09. The summed E-state index contributed by atoms with van der Waals surface area (Å²) < 4.78 is 0. The molecule has 2 aliphatic rings. The smallest absolute Gasteiger partial charge is 0.245 e. The number of nitrogens with one attached hydrogen (secondary N) is 1. The summed E-state index contributed by atoms with van der Waals surface area (Å²) in [7, 11) is 0. The zero-order chi connectivity index (χ0) is 15.6. The predicted molar refractivity (Wildman–Crippen MR) is 83.7 cm³/mol. The van der Waals surface area contributed by atoms with E-state index in [-0.39, 0.29) is 35.9 Å². The minimum atomic E-state index is -0.374. The Morgan fingerprint density at radius 2 is 1.81 bits per heavy atom. The van der Waals surface area contributed by atoms with E-state index in [0.29, 0.717) is 0 Å². The molecule has 1 aliphatic carbocycles. The van der Waals surface area contributed by atoms with Gasteiger partial charge in [-0.15, -0.1) is 0 Å². The van der Waals surface area contributed by atoms with Crippen LogP contribution in [0.25, 0.3) is 0 Å². The van der Waals surface area contributed by atoms with Crippen LogP contribution < -0.4 is 5.32 Å². The van der Waals surface area contributed by atoms with Crippen molar-refractivity contribution >= 4 is 11.8 Å². The van der Waals surface area contributed by atoms with Crippen LogP contribution in [0, 0.1) is 11.8 Å². The van der Waals surface area contributed by atoms with E-state index in [1.54, 1.807) is 6.92 Å². The quantitative estimate of drug-likeness (QED) is 0.866. The van der Waals surface area contributed by atoms with Crippen molar-refractivity contribution in [3.63, 3.8) is 0 Å². The largest absolute Gasteiger partial charge is 0.343 e. The fourth-order valence-corrected chi connectivity index (χ4v) is 4.00. The minimum Gasteiger partial charge on any atom is -0.343 e. The molecule has 0 radical (unpaired) electrons. The van der Waals surface area contributed by atoms with Crippen molar-refractivity contribution in [2.24, 2.45) is 11.8 Å². The summed E-state index contributed by atoms with van der Waals surface area (Å²) in [6.07, 6.45) is 7.04. The second kappa shape index (κ2) is 6.80. The van der Waals surface area contributed by atoms with Crippen LogP contribution in [0.5, 0.6) is 0 Å². The van der Waals surface area contributed by atoms with E-state index in [4.69, 9.17) is 0 Å². The number of carbonyl (C=O) groups excluding carboxylic acids is 2. The van der Waals surface area contributed by atoms with E-state index in [9.17, 15) is 9.59 Å². The van der Waals surface area contributed by atoms with E-state index >= 15 is 0 Å². The Hall–Kier alpha value is -1.06. The summed E-state index contributed by atoms with van der Waals surface area (Å²) in [6, 6.07) is -0.409. The lowest BCUT2D eigenvalue weighted by Crippen LogP contribution is -2.66. The van der Waals surface area contributed by atoms with Crippen molar-refractivity contribution in [3.8, 4) is 0 Å². The van der Waals surface area contributed by atoms with Crippen molar-refractivity contribution in [2.45, 2.75) is 84.3 Å².